The van der Waals surface area contributed by atoms with Gasteiger partial charge in [0, 0.05) is 34.1 Å². The molecule has 0 fully saturated rings. The van der Waals surface area contributed by atoms with Gasteiger partial charge in [0.25, 0.3) is 0 Å². The number of ether oxygens (including phenoxy) is 1. The van der Waals surface area contributed by atoms with E-state index in [9.17, 15) is 4.21 Å². The maximum absolute atomic E-state index is 11.4. The largest absolute Gasteiger partial charge is 0.481 e. The summed E-state index contributed by atoms with van der Waals surface area (Å²) in [4.78, 5) is 5.00. The van der Waals surface area contributed by atoms with E-state index >= 15 is 0 Å². The summed E-state index contributed by atoms with van der Waals surface area (Å²) in [5.74, 6) is 0.595. The molecule has 0 bridgehead atoms. The standard InChI is InChI=1S/C15H18N2O2S/c1-11(12-4-7-14(8-5-12)20(3)18)17-13-6-9-15(19-2)16-10-13/h4-11,17H,1-3H3/t11-,20+/m1/s1. The van der Waals surface area contributed by atoms with E-state index in [1.165, 1.54) is 0 Å². The molecule has 1 heterocycles. The Bertz CT molecular complexity index is 582. The van der Waals surface area contributed by atoms with Crippen LogP contribution in [0.1, 0.15) is 18.5 Å². The Morgan fingerprint density at radius 1 is 1.20 bits per heavy atom. The highest BCUT2D eigenvalue weighted by molar-refractivity contribution is 7.84. The van der Waals surface area contributed by atoms with Crippen LogP contribution in [0.2, 0.25) is 0 Å². The minimum absolute atomic E-state index is 0.143. The van der Waals surface area contributed by atoms with Crippen molar-refractivity contribution in [1.82, 2.24) is 4.98 Å². The highest BCUT2D eigenvalue weighted by Crippen LogP contribution is 2.20. The number of aromatic nitrogens is 1. The summed E-state index contributed by atoms with van der Waals surface area (Å²) in [6.45, 7) is 2.07. The summed E-state index contributed by atoms with van der Waals surface area (Å²) >= 11 is 0. The van der Waals surface area contributed by atoms with Crippen molar-refractivity contribution in [2.75, 3.05) is 18.7 Å². The average molecular weight is 290 g/mol. The van der Waals surface area contributed by atoms with Crippen molar-refractivity contribution >= 4 is 16.5 Å². The first-order valence-electron chi connectivity index (χ1n) is 6.30. The number of benzene rings is 1. The monoisotopic (exact) mass is 290 g/mol. The smallest absolute Gasteiger partial charge is 0.213 e. The van der Waals surface area contributed by atoms with E-state index in [4.69, 9.17) is 4.74 Å². The van der Waals surface area contributed by atoms with E-state index < -0.39 is 10.8 Å². The van der Waals surface area contributed by atoms with Crippen molar-refractivity contribution in [3.63, 3.8) is 0 Å². The van der Waals surface area contributed by atoms with Crippen LogP contribution < -0.4 is 10.1 Å². The first-order chi connectivity index (χ1) is 9.60. The Hall–Kier alpha value is -1.88. The fourth-order valence-electron chi connectivity index (χ4n) is 1.87. The summed E-state index contributed by atoms with van der Waals surface area (Å²) in [5.41, 5.74) is 2.07. The predicted octanol–water partition coefficient (Wildman–Crippen LogP) is 3.00. The van der Waals surface area contributed by atoms with Crippen LogP contribution in [0.15, 0.2) is 47.5 Å². The third-order valence-corrected chi connectivity index (χ3v) is 3.98. The van der Waals surface area contributed by atoms with Gasteiger partial charge in [0.05, 0.1) is 19.0 Å². The first kappa shape index (κ1) is 14.5. The molecule has 0 saturated heterocycles. The second-order valence-corrected chi connectivity index (χ2v) is 5.86. The summed E-state index contributed by atoms with van der Waals surface area (Å²) in [5, 5.41) is 3.36. The van der Waals surface area contributed by atoms with Crippen LogP contribution in [-0.4, -0.2) is 22.6 Å². The maximum atomic E-state index is 11.4. The minimum Gasteiger partial charge on any atom is -0.481 e. The molecule has 2 rings (SSSR count). The number of hydrogen-bond acceptors (Lipinski definition) is 4. The van der Waals surface area contributed by atoms with E-state index in [0.717, 1.165) is 16.1 Å². The summed E-state index contributed by atoms with van der Waals surface area (Å²) in [6.07, 6.45) is 3.42. The molecular formula is C15H18N2O2S. The molecule has 106 valence electrons. The molecule has 1 aromatic carbocycles. The highest BCUT2D eigenvalue weighted by Gasteiger charge is 2.06. The lowest BCUT2D eigenvalue weighted by Crippen LogP contribution is -2.07. The predicted molar refractivity (Wildman–Crippen MR) is 81.6 cm³/mol. The van der Waals surface area contributed by atoms with Crippen molar-refractivity contribution in [2.24, 2.45) is 0 Å². The Morgan fingerprint density at radius 2 is 1.90 bits per heavy atom. The summed E-state index contributed by atoms with van der Waals surface area (Å²) < 4.78 is 16.4. The molecule has 0 radical (unpaired) electrons. The molecule has 0 aliphatic rings. The van der Waals surface area contributed by atoms with Crippen molar-refractivity contribution in [3.8, 4) is 5.88 Å². The van der Waals surface area contributed by atoms with Crippen molar-refractivity contribution < 1.29 is 8.95 Å². The van der Waals surface area contributed by atoms with Crippen LogP contribution in [0.3, 0.4) is 0 Å². The number of anilines is 1. The van der Waals surface area contributed by atoms with Crippen LogP contribution in [0.5, 0.6) is 5.88 Å². The number of methoxy groups -OCH3 is 1. The number of nitrogens with one attached hydrogen (secondary N) is 1. The average Bonchev–Trinajstić information content (AvgIpc) is 2.48. The Morgan fingerprint density at radius 3 is 2.40 bits per heavy atom. The topological polar surface area (TPSA) is 51.2 Å². The lowest BCUT2D eigenvalue weighted by atomic mass is 10.1. The van der Waals surface area contributed by atoms with Crippen LogP contribution in [-0.2, 0) is 10.8 Å². The van der Waals surface area contributed by atoms with Gasteiger partial charge in [-0.25, -0.2) is 4.98 Å². The second kappa shape index (κ2) is 6.52. The van der Waals surface area contributed by atoms with Gasteiger partial charge < -0.3 is 10.1 Å². The molecule has 0 aliphatic heterocycles. The molecule has 1 N–H and O–H groups in total. The van der Waals surface area contributed by atoms with Gasteiger partial charge in [0.1, 0.15) is 0 Å². The molecule has 0 unspecified atom stereocenters. The summed E-state index contributed by atoms with van der Waals surface area (Å²) in [7, 11) is 0.658. The van der Waals surface area contributed by atoms with Gasteiger partial charge in [0.2, 0.25) is 5.88 Å². The molecule has 2 atom stereocenters. The molecule has 1 aromatic heterocycles. The Balaban J connectivity index is 2.06. The molecule has 20 heavy (non-hydrogen) atoms. The zero-order valence-corrected chi connectivity index (χ0v) is 12.6. The fourth-order valence-corrected chi connectivity index (χ4v) is 2.39. The number of rotatable bonds is 5. The Kier molecular flexibility index (Phi) is 4.74. The molecule has 0 spiro atoms. The molecule has 0 saturated carbocycles. The zero-order chi connectivity index (χ0) is 14.5. The van der Waals surface area contributed by atoms with Gasteiger partial charge in [-0.1, -0.05) is 12.1 Å². The number of nitrogens with zero attached hydrogens (tertiary/aromatic N) is 1. The van der Waals surface area contributed by atoms with Gasteiger partial charge in [-0.2, -0.15) is 0 Å². The van der Waals surface area contributed by atoms with Gasteiger partial charge in [-0.05, 0) is 30.7 Å². The maximum Gasteiger partial charge on any atom is 0.213 e. The normalized spacial score (nSPS) is 13.6. The quantitative estimate of drug-likeness (QED) is 0.919. The van der Waals surface area contributed by atoms with Crippen LogP contribution >= 0.6 is 0 Å². The SMILES string of the molecule is COc1ccc(N[C@H](C)c2ccc([S@](C)=O)cc2)cn1. The number of hydrogen-bond donors (Lipinski definition) is 1. The highest BCUT2D eigenvalue weighted by atomic mass is 32.2. The zero-order valence-electron chi connectivity index (χ0n) is 11.8. The molecule has 5 heteroatoms. The van der Waals surface area contributed by atoms with Crippen LogP contribution in [0, 0.1) is 0 Å². The second-order valence-electron chi connectivity index (χ2n) is 4.48. The van der Waals surface area contributed by atoms with Gasteiger partial charge in [0.15, 0.2) is 0 Å². The third kappa shape index (κ3) is 3.57. The first-order valence-corrected chi connectivity index (χ1v) is 7.86. The van der Waals surface area contributed by atoms with Crippen molar-refractivity contribution in [3.05, 3.63) is 48.2 Å². The van der Waals surface area contributed by atoms with Gasteiger partial charge in [-0.3, -0.25) is 4.21 Å². The molecular weight excluding hydrogens is 272 g/mol. The van der Waals surface area contributed by atoms with E-state index in [2.05, 4.69) is 17.2 Å². The Labute approximate surface area is 121 Å². The minimum atomic E-state index is -0.936. The third-order valence-electron chi connectivity index (χ3n) is 3.04. The van der Waals surface area contributed by atoms with E-state index in [-0.39, 0.29) is 6.04 Å². The van der Waals surface area contributed by atoms with E-state index in [1.54, 1.807) is 19.6 Å². The molecule has 4 nitrogen and oxygen atoms in total. The molecule has 0 aliphatic carbocycles. The van der Waals surface area contributed by atoms with Gasteiger partial charge in [-0.15, -0.1) is 0 Å². The van der Waals surface area contributed by atoms with Gasteiger partial charge >= 0.3 is 0 Å². The lowest BCUT2D eigenvalue weighted by molar-refractivity contribution is 0.398. The van der Waals surface area contributed by atoms with Crippen LogP contribution in [0.25, 0.3) is 0 Å². The van der Waals surface area contributed by atoms with E-state index in [1.807, 2.05) is 36.4 Å². The van der Waals surface area contributed by atoms with Crippen molar-refractivity contribution in [2.45, 2.75) is 17.9 Å². The molecule has 2 aromatic rings. The number of pyridine rings is 1. The van der Waals surface area contributed by atoms with E-state index in [0.29, 0.717) is 5.88 Å². The summed E-state index contributed by atoms with van der Waals surface area (Å²) in [6, 6.07) is 11.7. The van der Waals surface area contributed by atoms with Crippen LogP contribution in [0.4, 0.5) is 5.69 Å². The van der Waals surface area contributed by atoms with Crippen molar-refractivity contribution in [1.29, 1.82) is 0 Å². The fraction of sp³-hybridized carbons (Fsp3) is 0.267. The lowest BCUT2D eigenvalue weighted by Gasteiger charge is -2.16. The molecule has 0 amide bonds.